The summed E-state index contributed by atoms with van der Waals surface area (Å²) in [6, 6.07) is 16.9. The van der Waals surface area contributed by atoms with E-state index >= 15 is 0 Å². The van der Waals surface area contributed by atoms with Gasteiger partial charge in [-0.3, -0.25) is 4.90 Å². The minimum Gasteiger partial charge on any atom is -0.370 e. The van der Waals surface area contributed by atoms with Crippen molar-refractivity contribution in [3.63, 3.8) is 0 Å². The van der Waals surface area contributed by atoms with Crippen molar-refractivity contribution in [1.29, 1.82) is 0 Å². The third kappa shape index (κ3) is 3.22. The second kappa shape index (κ2) is 7.66. The molecule has 1 aromatic carbocycles. The first-order valence-corrected chi connectivity index (χ1v) is 12.1. The van der Waals surface area contributed by atoms with Crippen molar-refractivity contribution < 1.29 is 0 Å². The summed E-state index contributed by atoms with van der Waals surface area (Å²) in [7, 11) is 2.33. The summed E-state index contributed by atoms with van der Waals surface area (Å²) in [5.41, 5.74) is 4.32. The Morgan fingerprint density at radius 1 is 1.00 bits per heavy atom. The van der Waals surface area contributed by atoms with Crippen molar-refractivity contribution in [2.24, 2.45) is 5.92 Å². The molecule has 146 valence electrons. The maximum Gasteiger partial charge on any atom is 0.0475 e. The second-order valence-corrected chi connectivity index (χ2v) is 10.1. The SMILES string of the molecule is Cc1ccccc1N(C)[C@@H]1C2CCN(CC2)[C@@H]1Cc1ccsc1-c1cccs1. The summed E-state index contributed by atoms with van der Waals surface area (Å²) in [6.07, 6.45) is 3.85. The first-order chi connectivity index (χ1) is 13.7. The molecular weight excluding hydrogens is 380 g/mol. The zero-order valence-electron chi connectivity index (χ0n) is 16.7. The van der Waals surface area contributed by atoms with E-state index in [0.717, 1.165) is 12.3 Å². The number of thiophene rings is 2. The number of likely N-dealkylation sites (N-methyl/N-ethyl adjacent to an activating group) is 1. The van der Waals surface area contributed by atoms with Crippen LogP contribution in [-0.2, 0) is 6.42 Å². The number of aryl methyl sites for hydroxylation is 1. The zero-order valence-corrected chi connectivity index (χ0v) is 18.3. The molecule has 0 spiro atoms. The summed E-state index contributed by atoms with van der Waals surface area (Å²) < 4.78 is 0. The van der Waals surface area contributed by atoms with E-state index in [2.05, 4.69) is 77.0 Å². The van der Waals surface area contributed by atoms with Crippen LogP contribution < -0.4 is 4.90 Å². The quantitative estimate of drug-likeness (QED) is 0.516. The van der Waals surface area contributed by atoms with Gasteiger partial charge in [-0.05, 0) is 85.3 Å². The van der Waals surface area contributed by atoms with Crippen molar-refractivity contribution in [3.8, 4) is 9.75 Å². The standard InChI is InChI=1S/C24H28N2S2/c1-17-6-3-4-7-20(17)25(2)23-18-9-12-26(13-10-18)21(23)16-19-11-15-28-24(19)22-8-5-14-27-22/h3-8,11,14-15,18,21,23H,9-10,12-13,16H2,1-2H3/t21-,23-/m1/s1. The predicted molar refractivity (Wildman–Crippen MR) is 123 cm³/mol. The molecule has 2 aromatic heterocycles. The predicted octanol–water partition coefficient (Wildman–Crippen LogP) is 5.93. The molecule has 0 unspecified atom stereocenters. The van der Waals surface area contributed by atoms with Crippen LogP contribution in [0.2, 0.25) is 0 Å². The molecule has 3 aliphatic heterocycles. The fraction of sp³-hybridized carbons (Fsp3) is 0.417. The molecule has 3 fully saturated rings. The van der Waals surface area contributed by atoms with E-state index in [1.165, 1.54) is 52.5 Å². The maximum atomic E-state index is 2.77. The minimum absolute atomic E-state index is 0.597. The Morgan fingerprint density at radius 3 is 2.57 bits per heavy atom. The van der Waals surface area contributed by atoms with E-state index in [-0.39, 0.29) is 0 Å². The molecule has 28 heavy (non-hydrogen) atoms. The van der Waals surface area contributed by atoms with Gasteiger partial charge in [0.15, 0.2) is 0 Å². The number of benzene rings is 1. The summed E-state index contributed by atoms with van der Waals surface area (Å²) in [5.74, 6) is 0.809. The van der Waals surface area contributed by atoms with Gasteiger partial charge >= 0.3 is 0 Å². The largest absolute Gasteiger partial charge is 0.370 e. The van der Waals surface area contributed by atoms with E-state index < -0.39 is 0 Å². The number of hydrogen-bond acceptors (Lipinski definition) is 4. The van der Waals surface area contributed by atoms with Crippen LogP contribution in [0.1, 0.15) is 24.0 Å². The fourth-order valence-electron chi connectivity index (χ4n) is 5.41. The Balaban J connectivity index is 1.47. The van der Waals surface area contributed by atoms with Gasteiger partial charge in [-0.2, -0.15) is 0 Å². The summed E-state index contributed by atoms with van der Waals surface area (Å²) in [4.78, 5) is 8.28. The summed E-state index contributed by atoms with van der Waals surface area (Å²) in [5, 5.41) is 4.47. The average molecular weight is 409 g/mol. The van der Waals surface area contributed by atoms with Crippen molar-refractivity contribution in [2.75, 3.05) is 25.0 Å². The van der Waals surface area contributed by atoms with Gasteiger partial charge in [0.1, 0.15) is 0 Å². The molecule has 4 heteroatoms. The van der Waals surface area contributed by atoms with Crippen LogP contribution in [0.5, 0.6) is 0 Å². The highest BCUT2D eigenvalue weighted by Gasteiger charge is 2.44. The number of hydrogen-bond donors (Lipinski definition) is 0. The molecule has 5 heterocycles. The lowest BCUT2D eigenvalue weighted by Gasteiger charge is -2.54. The third-order valence-electron chi connectivity index (χ3n) is 6.78. The van der Waals surface area contributed by atoms with Crippen LogP contribution in [0.4, 0.5) is 5.69 Å². The Hall–Kier alpha value is -1.62. The molecule has 0 radical (unpaired) electrons. The normalized spacial score (nSPS) is 26.5. The zero-order chi connectivity index (χ0) is 19.1. The van der Waals surface area contributed by atoms with Gasteiger partial charge in [0, 0.05) is 34.6 Å². The van der Waals surface area contributed by atoms with Gasteiger partial charge in [0.2, 0.25) is 0 Å². The molecule has 2 atom stereocenters. The van der Waals surface area contributed by atoms with Gasteiger partial charge in [0.25, 0.3) is 0 Å². The van der Waals surface area contributed by atoms with E-state index in [1.807, 2.05) is 22.7 Å². The highest BCUT2D eigenvalue weighted by Crippen LogP contribution is 2.41. The molecular formula is C24H28N2S2. The molecule has 2 bridgehead atoms. The molecule has 3 aromatic rings. The molecule has 2 nitrogen and oxygen atoms in total. The lowest BCUT2D eigenvalue weighted by molar-refractivity contribution is 0.0270. The Labute approximate surface area is 176 Å². The van der Waals surface area contributed by atoms with Crippen molar-refractivity contribution in [2.45, 2.75) is 38.3 Å². The highest BCUT2D eigenvalue weighted by molar-refractivity contribution is 7.20. The Bertz CT molecular complexity index is 922. The molecule has 3 saturated heterocycles. The van der Waals surface area contributed by atoms with Gasteiger partial charge in [-0.25, -0.2) is 0 Å². The number of piperidine rings is 3. The van der Waals surface area contributed by atoms with Gasteiger partial charge in [-0.15, -0.1) is 22.7 Å². The molecule has 0 amide bonds. The number of para-hydroxylation sites is 1. The Morgan fingerprint density at radius 2 is 1.82 bits per heavy atom. The van der Waals surface area contributed by atoms with Crippen LogP contribution >= 0.6 is 22.7 Å². The van der Waals surface area contributed by atoms with Gasteiger partial charge in [-0.1, -0.05) is 24.3 Å². The fourth-order valence-corrected chi connectivity index (χ4v) is 7.26. The number of rotatable bonds is 5. The van der Waals surface area contributed by atoms with Crippen LogP contribution in [0, 0.1) is 12.8 Å². The minimum atomic E-state index is 0.597. The molecule has 0 saturated carbocycles. The van der Waals surface area contributed by atoms with Crippen molar-refractivity contribution in [1.82, 2.24) is 4.90 Å². The van der Waals surface area contributed by atoms with Gasteiger partial charge < -0.3 is 4.90 Å². The van der Waals surface area contributed by atoms with E-state index in [1.54, 1.807) is 0 Å². The van der Waals surface area contributed by atoms with Crippen molar-refractivity contribution >= 4 is 28.4 Å². The highest BCUT2D eigenvalue weighted by atomic mass is 32.1. The van der Waals surface area contributed by atoms with Crippen LogP contribution in [0.25, 0.3) is 9.75 Å². The first-order valence-electron chi connectivity index (χ1n) is 10.3. The van der Waals surface area contributed by atoms with Crippen LogP contribution in [0.3, 0.4) is 0 Å². The lowest BCUT2D eigenvalue weighted by atomic mass is 9.75. The van der Waals surface area contributed by atoms with Crippen molar-refractivity contribution in [3.05, 3.63) is 64.4 Å². The maximum absolute atomic E-state index is 2.77. The number of nitrogens with zero attached hydrogens (tertiary/aromatic N) is 2. The first kappa shape index (κ1) is 18.4. The molecule has 6 rings (SSSR count). The molecule has 0 N–H and O–H groups in total. The smallest absolute Gasteiger partial charge is 0.0475 e. The van der Waals surface area contributed by atoms with E-state index in [4.69, 9.17) is 0 Å². The van der Waals surface area contributed by atoms with Crippen LogP contribution in [-0.4, -0.2) is 37.1 Å². The second-order valence-electron chi connectivity index (χ2n) is 8.29. The molecule has 3 aliphatic rings. The number of fused-ring (bicyclic) bond motifs is 3. The monoisotopic (exact) mass is 408 g/mol. The summed E-state index contributed by atoms with van der Waals surface area (Å²) in [6.45, 7) is 4.79. The average Bonchev–Trinajstić information content (AvgIpc) is 3.40. The van der Waals surface area contributed by atoms with E-state index in [0.29, 0.717) is 12.1 Å². The molecule has 0 aliphatic carbocycles. The Kier molecular flexibility index (Phi) is 5.04. The third-order valence-corrected chi connectivity index (χ3v) is 8.79. The lowest BCUT2D eigenvalue weighted by Crippen LogP contribution is -2.63. The summed E-state index contributed by atoms with van der Waals surface area (Å²) >= 11 is 3.77. The van der Waals surface area contributed by atoms with Gasteiger partial charge in [0.05, 0.1) is 0 Å². The van der Waals surface area contributed by atoms with Crippen LogP contribution in [0.15, 0.2) is 53.2 Å². The van der Waals surface area contributed by atoms with E-state index in [9.17, 15) is 0 Å². The topological polar surface area (TPSA) is 6.48 Å². The number of anilines is 1.